The summed E-state index contributed by atoms with van der Waals surface area (Å²) >= 11 is 1.69. The Kier molecular flexibility index (Phi) is 4.39. The monoisotopic (exact) mass is 302 g/mol. The van der Waals surface area contributed by atoms with Crippen LogP contribution in [0.5, 0.6) is 0 Å². The summed E-state index contributed by atoms with van der Waals surface area (Å²) in [5, 5.41) is 3.98. The molecule has 0 atom stereocenters. The van der Waals surface area contributed by atoms with Gasteiger partial charge in [-0.3, -0.25) is 4.79 Å². The normalized spacial score (nSPS) is 15.5. The van der Waals surface area contributed by atoms with Crippen LogP contribution in [0.3, 0.4) is 0 Å². The van der Waals surface area contributed by atoms with Crippen molar-refractivity contribution >= 4 is 17.5 Å². The van der Waals surface area contributed by atoms with Gasteiger partial charge in [0.1, 0.15) is 5.78 Å². The second-order valence-corrected chi connectivity index (χ2v) is 6.24. The Hall–Kier alpha value is -1.62. The van der Waals surface area contributed by atoms with Gasteiger partial charge in [0, 0.05) is 16.4 Å². The molecule has 1 aliphatic rings. The number of rotatable bonds is 5. The average molecular weight is 302 g/mol. The molecule has 0 unspecified atom stereocenters. The molecule has 1 heterocycles. The van der Waals surface area contributed by atoms with Gasteiger partial charge < -0.3 is 4.52 Å². The molecule has 0 aliphatic heterocycles. The predicted octanol–water partition coefficient (Wildman–Crippen LogP) is 3.76. The van der Waals surface area contributed by atoms with Crippen molar-refractivity contribution < 1.29 is 9.32 Å². The summed E-state index contributed by atoms with van der Waals surface area (Å²) in [6.07, 6.45) is 6.64. The quantitative estimate of drug-likeness (QED) is 0.787. The Morgan fingerprint density at radius 3 is 2.67 bits per heavy atom. The summed E-state index contributed by atoms with van der Waals surface area (Å²) < 4.78 is 5.22. The van der Waals surface area contributed by atoms with Crippen LogP contribution in [0.4, 0.5) is 0 Å². The van der Waals surface area contributed by atoms with E-state index in [2.05, 4.69) is 10.1 Å². The van der Waals surface area contributed by atoms with Gasteiger partial charge in [0.05, 0.1) is 6.42 Å². The van der Waals surface area contributed by atoms with Crippen LogP contribution < -0.4 is 0 Å². The molecule has 0 spiro atoms. The molecule has 4 nitrogen and oxygen atoms in total. The van der Waals surface area contributed by atoms with Crippen molar-refractivity contribution in [3.05, 3.63) is 30.2 Å². The maximum Gasteiger partial charge on any atom is 0.234 e. The summed E-state index contributed by atoms with van der Waals surface area (Å²) in [4.78, 5) is 17.6. The van der Waals surface area contributed by atoms with E-state index >= 15 is 0 Å². The number of hydrogen-bond donors (Lipinski definition) is 0. The molecule has 1 saturated carbocycles. The van der Waals surface area contributed by atoms with Gasteiger partial charge in [-0.15, -0.1) is 11.8 Å². The van der Waals surface area contributed by atoms with Gasteiger partial charge in [-0.25, -0.2) is 0 Å². The van der Waals surface area contributed by atoms with Gasteiger partial charge in [0.15, 0.2) is 0 Å². The lowest BCUT2D eigenvalue weighted by molar-refractivity contribution is -0.122. The molecule has 110 valence electrons. The fraction of sp³-hybridized carbons (Fsp3) is 0.438. The Morgan fingerprint density at radius 2 is 2.00 bits per heavy atom. The van der Waals surface area contributed by atoms with Gasteiger partial charge >= 0.3 is 0 Å². The first-order chi connectivity index (χ1) is 10.3. The topological polar surface area (TPSA) is 56.0 Å². The largest absolute Gasteiger partial charge is 0.339 e. The first-order valence-electron chi connectivity index (χ1n) is 7.26. The van der Waals surface area contributed by atoms with Crippen molar-refractivity contribution in [2.75, 3.05) is 6.26 Å². The van der Waals surface area contributed by atoms with Crippen molar-refractivity contribution in [1.82, 2.24) is 10.1 Å². The lowest BCUT2D eigenvalue weighted by Crippen LogP contribution is -2.13. The van der Waals surface area contributed by atoms with Crippen LogP contribution in [0, 0.1) is 5.92 Å². The highest BCUT2D eigenvalue weighted by Gasteiger charge is 2.24. The van der Waals surface area contributed by atoms with Gasteiger partial charge in [0.2, 0.25) is 11.7 Å². The Balaban J connectivity index is 1.68. The molecule has 0 radical (unpaired) electrons. The maximum absolute atomic E-state index is 12.1. The second kappa shape index (κ2) is 6.43. The van der Waals surface area contributed by atoms with Crippen LogP contribution >= 0.6 is 11.8 Å². The lowest BCUT2D eigenvalue weighted by atomic mass is 10.0. The number of hydrogen-bond acceptors (Lipinski definition) is 5. The van der Waals surface area contributed by atoms with Crippen LogP contribution in [0.1, 0.15) is 31.6 Å². The minimum Gasteiger partial charge on any atom is -0.339 e. The molecular formula is C16H18N2O2S. The zero-order chi connectivity index (χ0) is 14.7. The Labute approximate surface area is 128 Å². The van der Waals surface area contributed by atoms with Gasteiger partial charge in [-0.1, -0.05) is 18.0 Å². The molecule has 0 saturated heterocycles. The van der Waals surface area contributed by atoms with Crippen molar-refractivity contribution in [3.8, 4) is 11.4 Å². The first kappa shape index (κ1) is 14.3. The SMILES string of the molecule is CSc1ccc(-c2noc(CC(=O)C3CCCC3)n2)cc1. The van der Waals surface area contributed by atoms with E-state index < -0.39 is 0 Å². The molecule has 0 N–H and O–H groups in total. The van der Waals surface area contributed by atoms with E-state index in [0.717, 1.165) is 31.2 Å². The highest BCUT2D eigenvalue weighted by Crippen LogP contribution is 2.27. The average Bonchev–Trinajstić information content (AvgIpc) is 3.19. The number of carbonyl (C=O) groups excluding carboxylic acids is 1. The van der Waals surface area contributed by atoms with Crippen molar-refractivity contribution in [2.45, 2.75) is 37.0 Å². The third-order valence-electron chi connectivity index (χ3n) is 3.95. The van der Waals surface area contributed by atoms with E-state index in [1.54, 1.807) is 11.8 Å². The molecule has 1 aliphatic carbocycles. The molecule has 0 amide bonds. The number of ketones is 1. The van der Waals surface area contributed by atoms with Crippen molar-refractivity contribution in [1.29, 1.82) is 0 Å². The standard InChI is InChI=1S/C16H18N2O2S/c1-21-13-8-6-12(7-9-13)16-17-15(20-18-16)10-14(19)11-4-2-3-5-11/h6-9,11H,2-5,10H2,1H3. The van der Waals surface area contributed by atoms with E-state index in [4.69, 9.17) is 4.52 Å². The zero-order valence-corrected chi connectivity index (χ0v) is 12.9. The summed E-state index contributed by atoms with van der Waals surface area (Å²) in [6.45, 7) is 0. The van der Waals surface area contributed by atoms with Crippen molar-refractivity contribution in [2.24, 2.45) is 5.92 Å². The first-order valence-corrected chi connectivity index (χ1v) is 8.48. The fourth-order valence-corrected chi connectivity index (χ4v) is 3.13. The van der Waals surface area contributed by atoms with Crippen molar-refractivity contribution in [3.63, 3.8) is 0 Å². The number of carbonyl (C=O) groups is 1. The number of thioether (sulfide) groups is 1. The van der Waals surface area contributed by atoms with Gasteiger partial charge in [-0.2, -0.15) is 4.98 Å². The van der Waals surface area contributed by atoms with Crippen LogP contribution in [0.2, 0.25) is 0 Å². The molecule has 0 bridgehead atoms. The molecule has 5 heteroatoms. The van der Waals surface area contributed by atoms with E-state index in [-0.39, 0.29) is 18.1 Å². The van der Waals surface area contributed by atoms with Crippen LogP contribution in [0.15, 0.2) is 33.7 Å². The Morgan fingerprint density at radius 1 is 1.29 bits per heavy atom. The molecule has 21 heavy (non-hydrogen) atoms. The summed E-state index contributed by atoms with van der Waals surface area (Å²) in [5.74, 6) is 1.41. The second-order valence-electron chi connectivity index (χ2n) is 5.36. The molecule has 1 aromatic heterocycles. The van der Waals surface area contributed by atoms with Crippen LogP contribution in [-0.2, 0) is 11.2 Å². The van der Waals surface area contributed by atoms with Gasteiger partial charge in [-0.05, 0) is 43.4 Å². The van der Waals surface area contributed by atoms with E-state index in [1.165, 1.54) is 4.90 Å². The number of aromatic nitrogens is 2. The number of Topliss-reactive ketones (excluding diaryl/α,β-unsaturated/α-hetero) is 1. The number of nitrogens with zero attached hydrogens (tertiary/aromatic N) is 2. The smallest absolute Gasteiger partial charge is 0.234 e. The van der Waals surface area contributed by atoms with Crippen LogP contribution in [0.25, 0.3) is 11.4 Å². The summed E-state index contributed by atoms with van der Waals surface area (Å²) in [7, 11) is 0. The third-order valence-corrected chi connectivity index (χ3v) is 4.70. The Bertz CT molecular complexity index is 615. The zero-order valence-electron chi connectivity index (χ0n) is 12.0. The molecular weight excluding hydrogens is 284 g/mol. The fourth-order valence-electron chi connectivity index (χ4n) is 2.73. The molecule has 1 fully saturated rings. The van der Waals surface area contributed by atoms with E-state index in [0.29, 0.717) is 11.7 Å². The lowest BCUT2D eigenvalue weighted by Gasteiger charge is -2.04. The van der Waals surface area contributed by atoms with E-state index in [9.17, 15) is 4.79 Å². The minimum absolute atomic E-state index is 0.196. The van der Waals surface area contributed by atoms with Crippen LogP contribution in [-0.4, -0.2) is 22.2 Å². The summed E-state index contributed by atoms with van der Waals surface area (Å²) in [5.41, 5.74) is 0.913. The maximum atomic E-state index is 12.1. The van der Waals surface area contributed by atoms with Gasteiger partial charge in [0.25, 0.3) is 0 Å². The third kappa shape index (κ3) is 3.35. The molecule has 3 rings (SSSR count). The highest BCUT2D eigenvalue weighted by molar-refractivity contribution is 7.98. The molecule has 2 aromatic rings. The predicted molar refractivity (Wildman–Crippen MR) is 82.2 cm³/mol. The minimum atomic E-state index is 0.196. The number of benzene rings is 1. The molecule has 1 aromatic carbocycles. The summed E-state index contributed by atoms with van der Waals surface area (Å²) in [6, 6.07) is 8.00. The van der Waals surface area contributed by atoms with E-state index in [1.807, 2.05) is 30.5 Å². The highest BCUT2D eigenvalue weighted by atomic mass is 32.2.